The summed E-state index contributed by atoms with van der Waals surface area (Å²) in [6.45, 7) is 8.31. The summed E-state index contributed by atoms with van der Waals surface area (Å²) in [6.07, 6.45) is 0. The number of aromatic amines is 1. The third-order valence-corrected chi connectivity index (χ3v) is 5.08. The van der Waals surface area contributed by atoms with Crippen LogP contribution in [0.4, 0.5) is 0 Å². The smallest absolute Gasteiger partial charge is 0.251 e. The van der Waals surface area contributed by atoms with E-state index in [4.69, 9.17) is 4.74 Å². The van der Waals surface area contributed by atoms with Crippen LogP contribution in [-0.2, 0) is 0 Å². The summed E-state index contributed by atoms with van der Waals surface area (Å²) >= 11 is 0. The Balaban J connectivity index is 1.49. The zero-order valence-electron chi connectivity index (χ0n) is 17.6. The van der Waals surface area contributed by atoms with Crippen LogP contribution in [-0.4, -0.2) is 32.3 Å². The van der Waals surface area contributed by atoms with Crippen molar-refractivity contribution in [1.82, 2.24) is 25.1 Å². The lowest BCUT2D eigenvalue weighted by Crippen LogP contribution is -2.28. The molecule has 0 fully saturated rings. The van der Waals surface area contributed by atoms with Gasteiger partial charge in [-0.25, -0.2) is 4.98 Å². The zero-order valence-corrected chi connectivity index (χ0v) is 17.6. The molecule has 4 aromatic rings. The molecule has 4 rings (SSSR count). The van der Waals surface area contributed by atoms with E-state index in [0.717, 1.165) is 17.0 Å². The standard InChI is InChI=1S/C23H25N5O2/c1-14-9-11-18(12-10-14)30-20-17(4)26-28-22(20)25-21(27-28)16(3)13-24-23(29)19-8-6-5-7-15(19)2/h5-12,16,26H,13H2,1-4H3,(H,24,29). The van der Waals surface area contributed by atoms with Crippen molar-refractivity contribution in [2.24, 2.45) is 0 Å². The van der Waals surface area contributed by atoms with Gasteiger partial charge in [0.2, 0.25) is 5.65 Å². The molecule has 1 atom stereocenters. The zero-order chi connectivity index (χ0) is 21.3. The fourth-order valence-electron chi connectivity index (χ4n) is 3.25. The number of benzene rings is 2. The van der Waals surface area contributed by atoms with E-state index in [9.17, 15) is 4.79 Å². The number of ether oxygens (including phenoxy) is 1. The highest BCUT2D eigenvalue weighted by molar-refractivity contribution is 5.95. The van der Waals surface area contributed by atoms with Crippen LogP contribution in [0, 0.1) is 20.8 Å². The van der Waals surface area contributed by atoms with Crippen molar-refractivity contribution < 1.29 is 9.53 Å². The van der Waals surface area contributed by atoms with Crippen LogP contribution in [0.5, 0.6) is 11.5 Å². The first-order valence-corrected chi connectivity index (χ1v) is 9.96. The third kappa shape index (κ3) is 3.91. The summed E-state index contributed by atoms with van der Waals surface area (Å²) in [6, 6.07) is 15.4. The highest BCUT2D eigenvalue weighted by atomic mass is 16.5. The number of carbonyl (C=O) groups is 1. The predicted molar refractivity (Wildman–Crippen MR) is 115 cm³/mol. The Morgan fingerprint density at radius 2 is 1.87 bits per heavy atom. The molecule has 2 N–H and O–H groups in total. The quantitative estimate of drug-likeness (QED) is 0.502. The summed E-state index contributed by atoms with van der Waals surface area (Å²) in [4.78, 5) is 17.1. The number of nitrogens with one attached hydrogen (secondary N) is 2. The molecule has 2 aromatic carbocycles. The maximum absolute atomic E-state index is 12.5. The van der Waals surface area contributed by atoms with Crippen molar-refractivity contribution in [3.63, 3.8) is 0 Å². The van der Waals surface area contributed by atoms with Crippen LogP contribution >= 0.6 is 0 Å². The molecule has 0 aliphatic heterocycles. The van der Waals surface area contributed by atoms with Crippen LogP contribution < -0.4 is 10.1 Å². The molecule has 7 heteroatoms. The Labute approximate surface area is 175 Å². The summed E-state index contributed by atoms with van der Waals surface area (Å²) in [5.41, 5.74) is 4.27. The molecule has 1 amide bonds. The summed E-state index contributed by atoms with van der Waals surface area (Å²) < 4.78 is 7.67. The lowest BCUT2D eigenvalue weighted by molar-refractivity contribution is 0.0951. The molecule has 0 bridgehead atoms. The molecule has 0 spiro atoms. The normalized spacial score (nSPS) is 12.1. The lowest BCUT2D eigenvalue weighted by atomic mass is 10.1. The molecule has 0 saturated heterocycles. The second-order valence-electron chi connectivity index (χ2n) is 7.61. The number of carbonyl (C=O) groups excluding carboxylic acids is 1. The number of hydrogen-bond acceptors (Lipinski definition) is 4. The van der Waals surface area contributed by atoms with Crippen molar-refractivity contribution in [3.8, 4) is 11.5 Å². The van der Waals surface area contributed by atoms with E-state index in [0.29, 0.717) is 29.3 Å². The third-order valence-electron chi connectivity index (χ3n) is 5.08. The maximum Gasteiger partial charge on any atom is 0.251 e. The Bertz CT molecular complexity index is 1190. The van der Waals surface area contributed by atoms with Crippen LogP contribution in [0.25, 0.3) is 5.65 Å². The molecule has 7 nitrogen and oxygen atoms in total. The minimum atomic E-state index is -0.0936. The molecule has 0 aliphatic rings. The van der Waals surface area contributed by atoms with E-state index < -0.39 is 0 Å². The average Bonchev–Trinajstić information content (AvgIpc) is 3.26. The van der Waals surface area contributed by atoms with Crippen molar-refractivity contribution in [2.45, 2.75) is 33.6 Å². The Kier molecular flexibility index (Phi) is 5.27. The van der Waals surface area contributed by atoms with Gasteiger partial charge >= 0.3 is 0 Å². The highest BCUT2D eigenvalue weighted by Crippen LogP contribution is 2.29. The first-order chi connectivity index (χ1) is 14.4. The maximum atomic E-state index is 12.5. The number of aryl methyl sites for hydroxylation is 3. The summed E-state index contributed by atoms with van der Waals surface area (Å²) in [5, 5.41) is 10.7. The Morgan fingerprint density at radius 3 is 2.60 bits per heavy atom. The largest absolute Gasteiger partial charge is 0.451 e. The van der Waals surface area contributed by atoms with Gasteiger partial charge in [0.25, 0.3) is 5.91 Å². The summed E-state index contributed by atoms with van der Waals surface area (Å²) in [5.74, 6) is 1.88. The number of H-pyrrole nitrogens is 1. The number of amides is 1. The Hall–Kier alpha value is -3.61. The number of rotatable bonds is 6. The van der Waals surface area contributed by atoms with E-state index in [-0.39, 0.29) is 11.8 Å². The second kappa shape index (κ2) is 8.02. The number of nitrogens with zero attached hydrogens (tertiary/aromatic N) is 3. The van der Waals surface area contributed by atoms with Gasteiger partial charge in [0, 0.05) is 18.0 Å². The van der Waals surface area contributed by atoms with Gasteiger partial charge in [-0.3, -0.25) is 9.89 Å². The first kappa shape index (κ1) is 19.7. The first-order valence-electron chi connectivity index (χ1n) is 9.96. The molecule has 1 unspecified atom stereocenters. The highest BCUT2D eigenvalue weighted by Gasteiger charge is 2.20. The lowest BCUT2D eigenvalue weighted by Gasteiger charge is -2.11. The molecule has 154 valence electrons. The fourth-order valence-corrected chi connectivity index (χ4v) is 3.25. The van der Waals surface area contributed by atoms with Crippen LogP contribution in [0.15, 0.2) is 48.5 Å². The van der Waals surface area contributed by atoms with Crippen LogP contribution in [0.2, 0.25) is 0 Å². The van der Waals surface area contributed by atoms with Crippen molar-refractivity contribution >= 4 is 11.6 Å². The minimum Gasteiger partial charge on any atom is -0.451 e. The van der Waals surface area contributed by atoms with Gasteiger partial charge in [0.15, 0.2) is 11.6 Å². The van der Waals surface area contributed by atoms with Gasteiger partial charge in [-0.05, 0) is 44.5 Å². The van der Waals surface area contributed by atoms with Crippen molar-refractivity contribution in [1.29, 1.82) is 0 Å². The van der Waals surface area contributed by atoms with E-state index >= 15 is 0 Å². The SMILES string of the molecule is Cc1ccc(Oc2c(C)[nH]n3nc(C(C)CNC(=O)c4ccccc4C)nc23)cc1. The predicted octanol–water partition coefficient (Wildman–Crippen LogP) is 4.31. The van der Waals surface area contributed by atoms with Crippen LogP contribution in [0.1, 0.15) is 45.8 Å². The number of aromatic nitrogens is 4. The van der Waals surface area contributed by atoms with Gasteiger partial charge in [0.05, 0.1) is 5.69 Å². The molecule has 2 heterocycles. The van der Waals surface area contributed by atoms with Crippen LogP contribution in [0.3, 0.4) is 0 Å². The molecular formula is C23H25N5O2. The van der Waals surface area contributed by atoms with E-state index in [2.05, 4.69) is 20.5 Å². The van der Waals surface area contributed by atoms with Gasteiger partial charge in [-0.1, -0.05) is 42.8 Å². The minimum absolute atomic E-state index is 0.0567. The number of fused-ring (bicyclic) bond motifs is 1. The monoisotopic (exact) mass is 403 g/mol. The van der Waals surface area contributed by atoms with Gasteiger partial charge in [0.1, 0.15) is 5.75 Å². The number of hydrogen-bond donors (Lipinski definition) is 2. The second-order valence-corrected chi connectivity index (χ2v) is 7.61. The van der Waals surface area contributed by atoms with E-state index in [1.807, 2.05) is 76.2 Å². The van der Waals surface area contributed by atoms with Gasteiger partial charge in [-0.15, -0.1) is 9.73 Å². The molecule has 30 heavy (non-hydrogen) atoms. The molecular weight excluding hydrogens is 378 g/mol. The van der Waals surface area contributed by atoms with Gasteiger partial charge < -0.3 is 10.1 Å². The fraction of sp³-hybridized carbons (Fsp3) is 0.261. The average molecular weight is 403 g/mol. The molecule has 0 aliphatic carbocycles. The Morgan fingerprint density at radius 1 is 1.13 bits per heavy atom. The van der Waals surface area contributed by atoms with Crippen molar-refractivity contribution in [2.75, 3.05) is 6.54 Å². The topological polar surface area (TPSA) is 84.3 Å². The van der Waals surface area contributed by atoms with E-state index in [1.165, 1.54) is 5.56 Å². The molecule has 0 saturated carbocycles. The molecule has 0 radical (unpaired) electrons. The van der Waals surface area contributed by atoms with E-state index in [1.54, 1.807) is 4.63 Å². The summed E-state index contributed by atoms with van der Waals surface area (Å²) in [7, 11) is 0. The van der Waals surface area contributed by atoms with Crippen molar-refractivity contribution in [3.05, 3.63) is 76.7 Å². The van der Waals surface area contributed by atoms with Gasteiger partial charge in [-0.2, -0.15) is 0 Å². The molecule has 2 aromatic heterocycles.